The molecule has 12 heteroatoms. The molecule has 0 radical (unpaired) electrons. The summed E-state index contributed by atoms with van der Waals surface area (Å²) in [5, 5.41) is 10.4. The normalized spacial score (nSPS) is 14.7. The van der Waals surface area contributed by atoms with Gasteiger partial charge in [-0.15, -0.1) is 0 Å². The maximum atomic E-state index is 13.8. The zero-order valence-electron chi connectivity index (χ0n) is 19.9. The van der Waals surface area contributed by atoms with E-state index < -0.39 is 40.0 Å². The van der Waals surface area contributed by atoms with E-state index in [9.17, 15) is 22.8 Å². The van der Waals surface area contributed by atoms with Crippen molar-refractivity contribution in [1.82, 2.24) is 10.2 Å². The van der Waals surface area contributed by atoms with E-state index in [2.05, 4.69) is 10.6 Å². The molecule has 1 aliphatic rings. The number of nitrogens with zero attached hydrogens (tertiary/aromatic N) is 1. The number of amides is 4. The lowest BCUT2D eigenvalue weighted by atomic mass is 9.82. The molecule has 3 aromatic carbocycles. The van der Waals surface area contributed by atoms with Gasteiger partial charge in [-0.3, -0.25) is 14.5 Å². The van der Waals surface area contributed by atoms with Crippen LogP contribution in [0.25, 0.3) is 0 Å². The third-order valence-electron chi connectivity index (χ3n) is 5.90. The molecular weight excluding hydrogens is 500 g/mol. The zero-order chi connectivity index (χ0) is 26.8. The second kappa shape index (κ2) is 9.91. The van der Waals surface area contributed by atoms with Crippen LogP contribution in [0, 0.1) is 0 Å². The highest BCUT2D eigenvalue weighted by Gasteiger charge is 2.54. The van der Waals surface area contributed by atoms with Gasteiger partial charge in [0.15, 0.2) is 5.54 Å². The molecule has 0 saturated carbocycles. The molecule has 1 aliphatic heterocycles. The van der Waals surface area contributed by atoms with Crippen molar-refractivity contribution in [3.8, 4) is 11.5 Å². The number of rotatable bonds is 8. The van der Waals surface area contributed by atoms with Gasteiger partial charge in [0.05, 0.1) is 19.1 Å². The van der Waals surface area contributed by atoms with E-state index in [0.717, 1.165) is 4.90 Å². The van der Waals surface area contributed by atoms with Crippen molar-refractivity contribution in [2.24, 2.45) is 5.14 Å². The van der Waals surface area contributed by atoms with Crippen molar-refractivity contribution in [2.75, 3.05) is 26.1 Å². The molecule has 0 aliphatic carbocycles. The molecule has 0 spiro atoms. The van der Waals surface area contributed by atoms with Gasteiger partial charge in [0, 0.05) is 5.69 Å². The second-order valence-electron chi connectivity index (χ2n) is 8.15. The van der Waals surface area contributed by atoms with E-state index in [1.807, 2.05) is 0 Å². The Balaban J connectivity index is 1.65. The Hall–Kier alpha value is -4.42. The first kappa shape index (κ1) is 25.7. The van der Waals surface area contributed by atoms with Crippen molar-refractivity contribution in [2.45, 2.75) is 10.4 Å². The summed E-state index contributed by atoms with van der Waals surface area (Å²) >= 11 is 0. The fourth-order valence-electron chi connectivity index (χ4n) is 4.05. The minimum absolute atomic E-state index is 0.139. The Morgan fingerprint density at radius 1 is 0.946 bits per heavy atom. The smallest absolute Gasteiger partial charge is 0.326 e. The average molecular weight is 525 g/mol. The molecule has 1 saturated heterocycles. The van der Waals surface area contributed by atoms with E-state index in [0.29, 0.717) is 22.6 Å². The van der Waals surface area contributed by atoms with Crippen LogP contribution in [-0.4, -0.2) is 51.9 Å². The molecule has 1 heterocycles. The van der Waals surface area contributed by atoms with Crippen molar-refractivity contribution in [1.29, 1.82) is 0 Å². The number of nitrogens with one attached hydrogen (secondary N) is 2. The minimum atomic E-state index is -3.99. The maximum Gasteiger partial charge on any atom is 0.326 e. The number of carbonyl (C=O) groups is 3. The number of anilines is 1. The van der Waals surface area contributed by atoms with Crippen LogP contribution in [0.3, 0.4) is 0 Å². The first-order chi connectivity index (χ1) is 17.6. The Morgan fingerprint density at radius 3 is 1.97 bits per heavy atom. The lowest BCUT2D eigenvalue weighted by molar-refractivity contribution is -0.133. The van der Waals surface area contributed by atoms with Gasteiger partial charge in [-0.25, -0.2) is 18.4 Å². The summed E-state index contributed by atoms with van der Waals surface area (Å²) in [6.45, 7) is -0.613. The summed E-state index contributed by atoms with van der Waals surface area (Å²) in [7, 11) is -0.966. The number of imide groups is 1. The molecule has 4 amide bonds. The van der Waals surface area contributed by atoms with Crippen LogP contribution in [-0.2, 0) is 25.2 Å². The van der Waals surface area contributed by atoms with Gasteiger partial charge in [-0.2, -0.15) is 0 Å². The number of primary sulfonamides is 1. The van der Waals surface area contributed by atoms with Crippen molar-refractivity contribution < 1.29 is 32.3 Å². The number of methoxy groups -OCH3 is 2. The van der Waals surface area contributed by atoms with Crippen LogP contribution in [0.4, 0.5) is 10.5 Å². The van der Waals surface area contributed by atoms with E-state index in [1.54, 1.807) is 48.5 Å². The summed E-state index contributed by atoms with van der Waals surface area (Å²) in [4.78, 5) is 40.2. The number of ether oxygens (including phenoxy) is 2. The number of sulfonamides is 1. The van der Waals surface area contributed by atoms with Crippen LogP contribution in [0.5, 0.6) is 11.5 Å². The highest BCUT2D eigenvalue weighted by molar-refractivity contribution is 7.89. The van der Waals surface area contributed by atoms with Crippen molar-refractivity contribution >= 4 is 33.6 Å². The molecule has 3 aromatic rings. The fraction of sp³-hybridized carbons (Fsp3) is 0.160. The summed E-state index contributed by atoms with van der Waals surface area (Å²) < 4.78 is 33.6. The molecular formula is C25H24N4O7S. The SMILES string of the molecule is COc1ccc(C2(c3ccc(OC)cc3)NC(=O)N(CC(=O)Nc3cccc(S(N)(=O)=O)c3)C2=O)cc1. The monoisotopic (exact) mass is 524 g/mol. The summed E-state index contributed by atoms with van der Waals surface area (Å²) in [5.74, 6) is -0.261. The summed E-state index contributed by atoms with van der Waals surface area (Å²) in [6.07, 6.45) is 0. The van der Waals surface area contributed by atoms with Crippen LogP contribution in [0.15, 0.2) is 77.7 Å². The average Bonchev–Trinajstić information content (AvgIpc) is 3.14. The predicted octanol–water partition coefficient (Wildman–Crippen LogP) is 1.79. The molecule has 0 atom stereocenters. The highest BCUT2D eigenvalue weighted by atomic mass is 32.2. The predicted molar refractivity (Wildman–Crippen MR) is 133 cm³/mol. The highest BCUT2D eigenvalue weighted by Crippen LogP contribution is 2.37. The molecule has 11 nitrogen and oxygen atoms in total. The van der Waals surface area contributed by atoms with E-state index in [1.165, 1.54) is 38.5 Å². The van der Waals surface area contributed by atoms with Crippen molar-refractivity contribution in [3.05, 3.63) is 83.9 Å². The molecule has 0 bridgehead atoms. The number of hydrogen-bond acceptors (Lipinski definition) is 7. The van der Waals surface area contributed by atoms with Crippen LogP contribution < -0.4 is 25.2 Å². The number of urea groups is 1. The first-order valence-corrected chi connectivity index (χ1v) is 12.5. The Morgan fingerprint density at radius 2 is 1.49 bits per heavy atom. The van der Waals surface area contributed by atoms with Gasteiger partial charge in [0.1, 0.15) is 18.0 Å². The molecule has 1 fully saturated rings. The van der Waals surface area contributed by atoms with Gasteiger partial charge in [-0.05, 0) is 53.6 Å². The van der Waals surface area contributed by atoms with E-state index >= 15 is 0 Å². The lowest BCUT2D eigenvalue weighted by Gasteiger charge is -2.28. The first-order valence-electron chi connectivity index (χ1n) is 10.9. The Labute approximate surface area is 213 Å². The molecule has 37 heavy (non-hydrogen) atoms. The van der Waals surface area contributed by atoms with Gasteiger partial charge in [0.25, 0.3) is 5.91 Å². The van der Waals surface area contributed by atoms with Crippen LogP contribution in [0.2, 0.25) is 0 Å². The Kier molecular flexibility index (Phi) is 6.88. The standard InChI is InChI=1S/C25H24N4O7S/c1-35-19-10-6-16(7-11-19)25(17-8-12-20(36-2)13-9-17)23(31)29(24(32)28-25)15-22(30)27-18-4-3-5-21(14-18)37(26,33)34/h3-14H,15H2,1-2H3,(H,27,30)(H,28,32)(H2,26,33,34). The third-order valence-corrected chi connectivity index (χ3v) is 6.81. The van der Waals surface area contributed by atoms with E-state index in [4.69, 9.17) is 14.6 Å². The third kappa shape index (κ3) is 4.97. The van der Waals surface area contributed by atoms with Gasteiger partial charge >= 0.3 is 6.03 Å². The quantitative estimate of drug-likeness (QED) is 0.379. The summed E-state index contributed by atoms with van der Waals surface area (Å²) in [5.41, 5.74) is -0.551. The van der Waals surface area contributed by atoms with Gasteiger partial charge in [-0.1, -0.05) is 30.3 Å². The van der Waals surface area contributed by atoms with Crippen LogP contribution in [0.1, 0.15) is 11.1 Å². The lowest BCUT2D eigenvalue weighted by Crippen LogP contribution is -2.45. The largest absolute Gasteiger partial charge is 0.497 e. The number of hydrogen-bond donors (Lipinski definition) is 3. The van der Waals surface area contributed by atoms with Crippen molar-refractivity contribution in [3.63, 3.8) is 0 Å². The minimum Gasteiger partial charge on any atom is -0.497 e. The molecule has 0 unspecified atom stereocenters. The van der Waals surface area contributed by atoms with Gasteiger partial charge in [0.2, 0.25) is 15.9 Å². The maximum absolute atomic E-state index is 13.8. The molecule has 192 valence electrons. The van der Waals surface area contributed by atoms with E-state index in [-0.39, 0.29) is 10.6 Å². The second-order valence-corrected chi connectivity index (χ2v) is 9.71. The summed E-state index contributed by atoms with van der Waals surface area (Å²) in [6, 6.07) is 17.8. The zero-order valence-corrected chi connectivity index (χ0v) is 20.7. The fourth-order valence-corrected chi connectivity index (χ4v) is 4.61. The van der Waals surface area contributed by atoms with Crippen LogP contribution >= 0.6 is 0 Å². The number of nitrogens with two attached hydrogens (primary N) is 1. The van der Waals surface area contributed by atoms with Gasteiger partial charge < -0.3 is 20.1 Å². The molecule has 0 aromatic heterocycles. The molecule has 4 N–H and O–H groups in total. The number of benzene rings is 3. The topological polar surface area (TPSA) is 157 Å². The molecule has 4 rings (SSSR count). The number of carbonyl (C=O) groups excluding carboxylic acids is 3. The Bertz CT molecular complexity index is 1410.